The third-order valence-corrected chi connectivity index (χ3v) is 4.48. The Morgan fingerprint density at radius 2 is 1.81 bits per heavy atom. The molecule has 0 spiro atoms. The maximum atomic E-state index is 12.2. The van der Waals surface area contributed by atoms with Crippen LogP contribution in [0.15, 0.2) is 53.7 Å². The normalized spacial score (nSPS) is 10.4. The molecule has 0 radical (unpaired) electrons. The minimum absolute atomic E-state index is 0.123. The zero-order valence-corrected chi connectivity index (χ0v) is 15.8. The Kier molecular flexibility index (Phi) is 6.05. The highest BCUT2D eigenvalue weighted by atomic mass is 35.5. The van der Waals surface area contributed by atoms with Crippen LogP contribution in [0.4, 0.5) is 11.4 Å². The highest BCUT2D eigenvalue weighted by Crippen LogP contribution is 2.20. The summed E-state index contributed by atoms with van der Waals surface area (Å²) >= 11 is 7.10. The van der Waals surface area contributed by atoms with Crippen molar-refractivity contribution in [1.82, 2.24) is 20.2 Å². The molecule has 3 rings (SSSR count). The first kappa shape index (κ1) is 18.9. The lowest BCUT2D eigenvalue weighted by atomic mass is 10.2. The van der Waals surface area contributed by atoms with Gasteiger partial charge in [-0.1, -0.05) is 29.4 Å². The number of nitrogens with one attached hydrogen (secondary N) is 2. The van der Waals surface area contributed by atoms with E-state index in [1.807, 2.05) is 0 Å². The van der Waals surface area contributed by atoms with Crippen LogP contribution in [-0.2, 0) is 9.59 Å². The highest BCUT2D eigenvalue weighted by Gasteiger charge is 2.12. The summed E-state index contributed by atoms with van der Waals surface area (Å²) in [6, 6.07) is 14.0. The number of tetrazole rings is 1. The predicted octanol–water partition coefficient (Wildman–Crippen LogP) is 3.00. The summed E-state index contributed by atoms with van der Waals surface area (Å²) in [5.41, 5.74) is 1.94. The second kappa shape index (κ2) is 8.65. The number of hydrogen-bond donors (Lipinski definition) is 2. The van der Waals surface area contributed by atoms with E-state index in [2.05, 4.69) is 26.2 Å². The monoisotopic (exact) mass is 402 g/mol. The van der Waals surface area contributed by atoms with Gasteiger partial charge in [0.2, 0.25) is 17.0 Å². The van der Waals surface area contributed by atoms with Crippen molar-refractivity contribution >= 4 is 46.6 Å². The zero-order valence-electron chi connectivity index (χ0n) is 14.2. The SMILES string of the molecule is CC(=O)Nc1cccc(NC(=O)CSc2nnnn2-c2ccc(Cl)cc2)c1. The van der Waals surface area contributed by atoms with Crippen molar-refractivity contribution < 1.29 is 9.59 Å². The average molecular weight is 403 g/mol. The van der Waals surface area contributed by atoms with E-state index >= 15 is 0 Å². The van der Waals surface area contributed by atoms with E-state index in [-0.39, 0.29) is 17.6 Å². The topological polar surface area (TPSA) is 102 Å². The molecule has 2 aromatic carbocycles. The van der Waals surface area contributed by atoms with Crippen LogP contribution in [0.25, 0.3) is 5.69 Å². The van der Waals surface area contributed by atoms with Crippen LogP contribution in [0.2, 0.25) is 5.02 Å². The summed E-state index contributed by atoms with van der Waals surface area (Å²) in [6.45, 7) is 1.42. The van der Waals surface area contributed by atoms with Crippen LogP contribution in [0.1, 0.15) is 6.92 Å². The average Bonchev–Trinajstić information content (AvgIpc) is 3.09. The molecule has 0 fully saturated rings. The second-order valence-corrected chi connectivity index (χ2v) is 6.83. The predicted molar refractivity (Wildman–Crippen MR) is 104 cm³/mol. The lowest BCUT2D eigenvalue weighted by molar-refractivity contribution is -0.114. The molecule has 0 atom stereocenters. The van der Waals surface area contributed by atoms with Crippen molar-refractivity contribution in [3.8, 4) is 5.69 Å². The fourth-order valence-corrected chi connectivity index (χ4v) is 3.04. The lowest BCUT2D eigenvalue weighted by Crippen LogP contribution is -2.15. The van der Waals surface area contributed by atoms with E-state index in [0.717, 1.165) is 5.69 Å². The molecule has 0 aliphatic carbocycles. The Morgan fingerprint density at radius 3 is 2.52 bits per heavy atom. The van der Waals surface area contributed by atoms with Crippen molar-refractivity contribution in [2.75, 3.05) is 16.4 Å². The number of halogens is 1. The van der Waals surface area contributed by atoms with Gasteiger partial charge in [-0.05, 0) is 52.9 Å². The summed E-state index contributed by atoms with van der Waals surface area (Å²) in [5, 5.41) is 18.1. The van der Waals surface area contributed by atoms with Crippen molar-refractivity contribution in [3.05, 3.63) is 53.6 Å². The number of carbonyl (C=O) groups is 2. The molecule has 138 valence electrons. The minimum Gasteiger partial charge on any atom is -0.326 e. The van der Waals surface area contributed by atoms with E-state index in [1.54, 1.807) is 48.5 Å². The number of nitrogens with zero attached hydrogens (tertiary/aromatic N) is 4. The van der Waals surface area contributed by atoms with Gasteiger partial charge in [-0.25, -0.2) is 0 Å². The summed E-state index contributed by atoms with van der Waals surface area (Å²) in [7, 11) is 0. The van der Waals surface area contributed by atoms with Crippen LogP contribution in [0.5, 0.6) is 0 Å². The summed E-state index contributed by atoms with van der Waals surface area (Å²) in [5.74, 6) is -0.271. The van der Waals surface area contributed by atoms with Gasteiger partial charge in [0.15, 0.2) is 0 Å². The van der Waals surface area contributed by atoms with Crippen LogP contribution in [0, 0.1) is 0 Å². The quantitative estimate of drug-likeness (QED) is 0.614. The van der Waals surface area contributed by atoms with Crippen LogP contribution in [0.3, 0.4) is 0 Å². The molecule has 2 amide bonds. The maximum absolute atomic E-state index is 12.2. The molecule has 0 bridgehead atoms. The van der Waals surface area contributed by atoms with Crippen molar-refractivity contribution in [1.29, 1.82) is 0 Å². The largest absolute Gasteiger partial charge is 0.326 e. The molecule has 27 heavy (non-hydrogen) atoms. The van der Waals surface area contributed by atoms with Crippen LogP contribution in [-0.4, -0.2) is 37.8 Å². The molecule has 0 aliphatic heterocycles. The lowest BCUT2D eigenvalue weighted by Gasteiger charge is -2.08. The standard InChI is InChI=1S/C17H15ClN6O2S/c1-11(25)19-13-3-2-4-14(9-13)20-16(26)10-27-17-21-22-23-24(17)15-7-5-12(18)6-8-15/h2-9H,10H2,1H3,(H,19,25)(H,20,26). The molecule has 10 heteroatoms. The molecule has 1 aromatic heterocycles. The number of amides is 2. The number of hydrogen-bond acceptors (Lipinski definition) is 6. The number of anilines is 2. The Hall–Kier alpha value is -2.91. The van der Waals surface area contributed by atoms with Gasteiger partial charge >= 0.3 is 0 Å². The number of rotatable bonds is 6. The van der Waals surface area contributed by atoms with Gasteiger partial charge in [0.25, 0.3) is 0 Å². The smallest absolute Gasteiger partial charge is 0.234 e. The molecular weight excluding hydrogens is 388 g/mol. The Bertz CT molecular complexity index is 960. The molecule has 3 aromatic rings. The summed E-state index contributed by atoms with van der Waals surface area (Å²) in [4.78, 5) is 23.3. The molecule has 0 saturated carbocycles. The first-order valence-corrected chi connectivity index (χ1v) is 9.22. The molecule has 0 unspecified atom stereocenters. The van der Waals surface area contributed by atoms with E-state index in [4.69, 9.17) is 11.6 Å². The van der Waals surface area contributed by atoms with Crippen molar-refractivity contribution in [3.63, 3.8) is 0 Å². The molecule has 0 aliphatic rings. The fourth-order valence-electron chi connectivity index (χ4n) is 2.22. The first-order valence-electron chi connectivity index (χ1n) is 7.86. The van der Waals surface area contributed by atoms with Crippen LogP contribution < -0.4 is 10.6 Å². The van der Waals surface area contributed by atoms with Crippen molar-refractivity contribution in [2.24, 2.45) is 0 Å². The molecule has 1 heterocycles. The van der Waals surface area contributed by atoms with E-state index in [1.165, 1.54) is 23.4 Å². The third kappa shape index (κ3) is 5.28. The molecule has 2 N–H and O–H groups in total. The van der Waals surface area contributed by atoms with E-state index < -0.39 is 0 Å². The van der Waals surface area contributed by atoms with Gasteiger partial charge in [-0.2, -0.15) is 4.68 Å². The van der Waals surface area contributed by atoms with Gasteiger partial charge in [0, 0.05) is 23.3 Å². The van der Waals surface area contributed by atoms with E-state index in [0.29, 0.717) is 21.6 Å². The molecule has 0 saturated heterocycles. The first-order chi connectivity index (χ1) is 13.0. The fraction of sp³-hybridized carbons (Fsp3) is 0.118. The van der Waals surface area contributed by atoms with Gasteiger partial charge in [0.1, 0.15) is 0 Å². The number of benzene rings is 2. The Labute approximate surface area is 164 Å². The maximum Gasteiger partial charge on any atom is 0.234 e. The Balaban J connectivity index is 1.61. The Morgan fingerprint density at radius 1 is 1.11 bits per heavy atom. The second-order valence-electron chi connectivity index (χ2n) is 5.45. The zero-order chi connectivity index (χ0) is 19.2. The minimum atomic E-state index is -0.217. The summed E-state index contributed by atoms with van der Waals surface area (Å²) in [6.07, 6.45) is 0. The van der Waals surface area contributed by atoms with Crippen LogP contribution >= 0.6 is 23.4 Å². The van der Waals surface area contributed by atoms with Gasteiger partial charge < -0.3 is 10.6 Å². The van der Waals surface area contributed by atoms with Gasteiger partial charge in [-0.3, -0.25) is 9.59 Å². The summed E-state index contributed by atoms with van der Waals surface area (Å²) < 4.78 is 1.53. The van der Waals surface area contributed by atoms with Gasteiger partial charge in [-0.15, -0.1) is 5.10 Å². The molecular formula is C17H15ClN6O2S. The van der Waals surface area contributed by atoms with Gasteiger partial charge in [0.05, 0.1) is 11.4 Å². The number of thioether (sulfide) groups is 1. The van der Waals surface area contributed by atoms with Crippen molar-refractivity contribution in [2.45, 2.75) is 12.1 Å². The third-order valence-electron chi connectivity index (χ3n) is 3.31. The number of aromatic nitrogens is 4. The highest BCUT2D eigenvalue weighted by molar-refractivity contribution is 7.99. The number of carbonyl (C=O) groups excluding carboxylic acids is 2. The molecule has 8 nitrogen and oxygen atoms in total. The van der Waals surface area contributed by atoms with E-state index in [9.17, 15) is 9.59 Å².